The van der Waals surface area contributed by atoms with Crippen molar-refractivity contribution >= 4 is 23.2 Å². The van der Waals surface area contributed by atoms with Gasteiger partial charge in [0.15, 0.2) is 0 Å². The zero-order valence-corrected chi connectivity index (χ0v) is 14.0. The van der Waals surface area contributed by atoms with Crippen LogP contribution in [0.5, 0.6) is 0 Å². The molecule has 1 aliphatic heterocycles. The van der Waals surface area contributed by atoms with Crippen molar-refractivity contribution in [2.24, 2.45) is 0 Å². The summed E-state index contributed by atoms with van der Waals surface area (Å²) in [6.45, 7) is 5.05. The normalized spacial score (nSPS) is 13.7. The number of hydrogen-bond acceptors (Lipinski definition) is 6. The number of aromatic nitrogens is 1. The van der Waals surface area contributed by atoms with E-state index in [0.717, 1.165) is 16.8 Å². The molecule has 25 heavy (non-hydrogen) atoms. The molecule has 1 aliphatic rings. The monoisotopic (exact) mass is 342 g/mol. The Labute approximate surface area is 144 Å². The van der Waals surface area contributed by atoms with Crippen LogP contribution < -0.4 is 10.2 Å². The maximum absolute atomic E-state index is 11.9. The highest BCUT2D eigenvalue weighted by Crippen LogP contribution is 2.32. The number of hydrogen-bond donors (Lipinski definition) is 1. The Morgan fingerprint density at radius 1 is 1.36 bits per heavy atom. The molecule has 1 aromatic heterocycles. The van der Waals surface area contributed by atoms with E-state index in [2.05, 4.69) is 10.3 Å². The highest BCUT2D eigenvalue weighted by atomic mass is 16.6. The molecule has 0 unspecified atom stereocenters. The maximum Gasteiger partial charge on any atom is 0.414 e. The first-order chi connectivity index (χ1) is 12.0. The number of nitrogens with zero attached hydrogens (tertiary/aromatic N) is 3. The Morgan fingerprint density at radius 3 is 2.80 bits per heavy atom. The Kier molecular flexibility index (Phi) is 4.51. The molecule has 1 aromatic carbocycles. The van der Waals surface area contributed by atoms with Gasteiger partial charge in [-0.25, -0.2) is 4.79 Å². The van der Waals surface area contributed by atoms with Gasteiger partial charge in [-0.15, -0.1) is 0 Å². The number of nitro groups is 1. The van der Waals surface area contributed by atoms with Crippen LogP contribution in [0.25, 0.3) is 0 Å². The minimum absolute atomic E-state index is 0.0755. The second-order valence-electron chi connectivity index (χ2n) is 5.83. The number of anilines is 2. The minimum Gasteiger partial charge on any atom is -0.447 e. The van der Waals surface area contributed by atoms with Crippen LogP contribution in [0.2, 0.25) is 0 Å². The summed E-state index contributed by atoms with van der Waals surface area (Å²) < 4.78 is 4.95. The topological polar surface area (TPSA) is 97.6 Å². The number of carbonyl (C=O) groups excluding carboxylic acids is 1. The lowest BCUT2D eigenvalue weighted by Crippen LogP contribution is -2.24. The third kappa shape index (κ3) is 3.52. The summed E-state index contributed by atoms with van der Waals surface area (Å²) in [4.78, 5) is 28.1. The average Bonchev–Trinajstić information content (AvgIpc) is 3.00. The van der Waals surface area contributed by atoms with Crippen LogP contribution in [0, 0.1) is 24.0 Å². The van der Waals surface area contributed by atoms with Gasteiger partial charge < -0.3 is 10.1 Å². The predicted octanol–water partition coefficient (Wildman–Crippen LogP) is 3.18. The van der Waals surface area contributed by atoms with Gasteiger partial charge in [0.1, 0.15) is 6.61 Å². The number of pyridine rings is 1. The smallest absolute Gasteiger partial charge is 0.414 e. The molecule has 130 valence electrons. The van der Waals surface area contributed by atoms with E-state index >= 15 is 0 Å². The number of carbonyl (C=O) groups is 1. The number of ether oxygens (including phenoxy) is 1. The highest BCUT2D eigenvalue weighted by molar-refractivity contribution is 5.94. The molecule has 0 saturated carbocycles. The largest absolute Gasteiger partial charge is 0.447 e. The number of benzene rings is 1. The second kappa shape index (κ2) is 6.76. The SMILES string of the molecule is Cc1cc(C)c(CNc2ccc([N+](=O)[O-])cc2N2CCOC2=O)cn1. The van der Waals surface area contributed by atoms with E-state index in [1.807, 2.05) is 19.9 Å². The second-order valence-corrected chi connectivity index (χ2v) is 5.83. The van der Waals surface area contributed by atoms with E-state index in [1.54, 1.807) is 12.3 Å². The summed E-state index contributed by atoms with van der Waals surface area (Å²) in [5, 5.41) is 14.3. The molecule has 0 bridgehead atoms. The zero-order valence-electron chi connectivity index (χ0n) is 14.0. The first-order valence-electron chi connectivity index (χ1n) is 7.84. The summed E-state index contributed by atoms with van der Waals surface area (Å²) in [5.41, 5.74) is 4.05. The van der Waals surface area contributed by atoms with Gasteiger partial charge in [-0.1, -0.05) is 0 Å². The Hall–Kier alpha value is -3.16. The van der Waals surface area contributed by atoms with Crippen molar-refractivity contribution in [1.82, 2.24) is 4.98 Å². The number of nitrogens with one attached hydrogen (secondary N) is 1. The molecule has 1 N–H and O–H groups in total. The molecule has 0 spiro atoms. The molecule has 1 fully saturated rings. The van der Waals surface area contributed by atoms with Crippen LogP contribution in [-0.2, 0) is 11.3 Å². The first-order valence-corrected chi connectivity index (χ1v) is 7.84. The molecule has 2 aromatic rings. The molecule has 0 aliphatic carbocycles. The molecule has 0 atom stereocenters. The van der Waals surface area contributed by atoms with Crippen LogP contribution in [0.15, 0.2) is 30.5 Å². The molecular weight excluding hydrogens is 324 g/mol. The van der Waals surface area contributed by atoms with Gasteiger partial charge in [-0.2, -0.15) is 0 Å². The number of rotatable bonds is 5. The Balaban J connectivity index is 1.89. The van der Waals surface area contributed by atoms with Crippen LogP contribution in [-0.4, -0.2) is 29.2 Å². The first kappa shape index (κ1) is 16.7. The fourth-order valence-electron chi connectivity index (χ4n) is 2.72. The molecule has 2 heterocycles. The van der Waals surface area contributed by atoms with E-state index in [4.69, 9.17) is 4.74 Å². The van der Waals surface area contributed by atoms with Crippen molar-refractivity contribution in [3.05, 3.63) is 57.4 Å². The lowest BCUT2D eigenvalue weighted by atomic mass is 10.1. The van der Waals surface area contributed by atoms with Gasteiger partial charge in [0, 0.05) is 30.6 Å². The summed E-state index contributed by atoms with van der Waals surface area (Å²) in [5.74, 6) is 0. The third-order valence-corrected chi connectivity index (χ3v) is 4.07. The van der Waals surface area contributed by atoms with Crippen LogP contribution >= 0.6 is 0 Å². The summed E-state index contributed by atoms with van der Waals surface area (Å²) in [6.07, 6.45) is 1.30. The summed E-state index contributed by atoms with van der Waals surface area (Å²) >= 11 is 0. The van der Waals surface area contributed by atoms with E-state index in [1.165, 1.54) is 17.0 Å². The van der Waals surface area contributed by atoms with E-state index in [-0.39, 0.29) is 12.3 Å². The van der Waals surface area contributed by atoms with Crippen LogP contribution in [0.3, 0.4) is 0 Å². The number of non-ortho nitro benzene ring substituents is 1. The van der Waals surface area contributed by atoms with Gasteiger partial charge in [0.05, 0.1) is 22.8 Å². The van der Waals surface area contributed by atoms with Gasteiger partial charge in [0.25, 0.3) is 5.69 Å². The van der Waals surface area contributed by atoms with Gasteiger partial charge in [-0.05, 0) is 37.1 Å². The quantitative estimate of drug-likeness (QED) is 0.662. The molecule has 8 heteroatoms. The molecule has 0 radical (unpaired) electrons. The van der Waals surface area contributed by atoms with Crippen molar-refractivity contribution in [2.45, 2.75) is 20.4 Å². The number of amides is 1. The summed E-state index contributed by atoms with van der Waals surface area (Å²) in [7, 11) is 0. The van der Waals surface area contributed by atoms with Crippen molar-refractivity contribution in [3.8, 4) is 0 Å². The fourth-order valence-corrected chi connectivity index (χ4v) is 2.72. The highest BCUT2D eigenvalue weighted by Gasteiger charge is 2.27. The Morgan fingerprint density at radius 2 is 2.16 bits per heavy atom. The standard InChI is InChI=1S/C17H18N4O4/c1-11-7-12(2)18-9-13(11)10-19-15-4-3-14(21(23)24)8-16(15)20-5-6-25-17(20)22/h3-4,7-9,19H,5-6,10H2,1-2H3. The van der Waals surface area contributed by atoms with Gasteiger partial charge in [0.2, 0.25) is 0 Å². The number of nitro benzene ring substituents is 1. The maximum atomic E-state index is 11.9. The lowest BCUT2D eigenvalue weighted by Gasteiger charge is -2.18. The predicted molar refractivity (Wildman–Crippen MR) is 92.8 cm³/mol. The molecule has 3 rings (SSSR count). The van der Waals surface area contributed by atoms with E-state index < -0.39 is 11.0 Å². The van der Waals surface area contributed by atoms with Crippen molar-refractivity contribution in [1.29, 1.82) is 0 Å². The van der Waals surface area contributed by atoms with Gasteiger partial charge in [-0.3, -0.25) is 20.0 Å². The minimum atomic E-state index is -0.503. The molecular formula is C17H18N4O4. The Bertz CT molecular complexity index is 837. The molecule has 1 amide bonds. The third-order valence-electron chi connectivity index (χ3n) is 4.07. The zero-order chi connectivity index (χ0) is 18.0. The van der Waals surface area contributed by atoms with Crippen molar-refractivity contribution in [3.63, 3.8) is 0 Å². The van der Waals surface area contributed by atoms with E-state index in [0.29, 0.717) is 24.5 Å². The van der Waals surface area contributed by atoms with Crippen molar-refractivity contribution in [2.75, 3.05) is 23.4 Å². The molecule has 8 nitrogen and oxygen atoms in total. The van der Waals surface area contributed by atoms with Crippen LogP contribution in [0.4, 0.5) is 21.9 Å². The van der Waals surface area contributed by atoms with Crippen molar-refractivity contribution < 1.29 is 14.5 Å². The fraction of sp³-hybridized carbons (Fsp3) is 0.294. The summed E-state index contributed by atoms with van der Waals surface area (Å²) in [6, 6.07) is 6.39. The average molecular weight is 342 g/mol. The molecule has 1 saturated heterocycles. The number of aryl methyl sites for hydroxylation is 2. The lowest BCUT2D eigenvalue weighted by molar-refractivity contribution is -0.384. The van der Waals surface area contributed by atoms with Crippen LogP contribution in [0.1, 0.15) is 16.8 Å². The number of cyclic esters (lactones) is 1. The van der Waals surface area contributed by atoms with Gasteiger partial charge >= 0.3 is 6.09 Å². The van der Waals surface area contributed by atoms with E-state index in [9.17, 15) is 14.9 Å².